The Morgan fingerprint density at radius 1 is 1.27 bits per heavy atom. The van der Waals surface area contributed by atoms with Crippen LogP contribution in [0.4, 0.5) is 5.69 Å². The number of nitrogens with one attached hydrogen (secondary N) is 2. The zero-order valence-corrected chi connectivity index (χ0v) is 12.4. The second-order valence-corrected chi connectivity index (χ2v) is 5.54. The number of carbonyl (C=O) groups is 2. The van der Waals surface area contributed by atoms with Gasteiger partial charge in [0.1, 0.15) is 5.76 Å². The van der Waals surface area contributed by atoms with E-state index in [9.17, 15) is 9.59 Å². The molecule has 2 aromatic rings. The molecule has 0 bridgehead atoms. The molecule has 0 spiro atoms. The van der Waals surface area contributed by atoms with Gasteiger partial charge in [0.2, 0.25) is 5.91 Å². The lowest BCUT2D eigenvalue weighted by Gasteiger charge is -2.08. The van der Waals surface area contributed by atoms with E-state index < -0.39 is 0 Å². The predicted molar refractivity (Wildman–Crippen MR) is 82.4 cm³/mol. The third-order valence-electron chi connectivity index (χ3n) is 3.70. The summed E-state index contributed by atoms with van der Waals surface area (Å²) in [5.74, 6) is 0.684. The Hall–Kier alpha value is -2.56. The van der Waals surface area contributed by atoms with Crippen molar-refractivity contribution in [2.24, 2.45) is 5.92 Å². The summed E-state index contributed by atoms with van der Waals surface area (Å²) in [6.45, 7) is 2.15. The lowest BCUT2D eigenvalue weighted by atomic mass is 10.2. The van der Waals surface area contributed by atoms with Crippen molar-refractivity contribution >= 4 is 17.5 Å². The molecule has 3 rings (SSSR count). The number of hydrogen-bond acceptors (Lipinski definition) is 3. The number of amides is 2. The van der Waals surface area contributed by atoms with E-state index in [4.69, 9.17) is 4.42 Å². The molecule has 0 aliphatic heterocycles. The Morgan fingerprint density at radius 2 is 2.09 bits per heavy atom. The fourth-order valence-electron chi connectivity index (χ4n) is 2.25. The van der Waals surface area contributed by atoms with Crippen LogP contribution in [-0.4, -0.2) is 11.8 Å². The van der Waals surface area contributed by atoms with Gasteiger partial charge in [0.25, 0.3) is 5.91 Å². The molecule has 1 saturated carbocycles. The molecule has 0 saturated heterocycles. The molecule has 0 atom stereocenters. The third-order valence-corrected chi connectivity index (χ3v) is 3.70. The smallest absolute Gasteiger partial charge is 0.255 e. The lowest BCUT2D eigenvalue weighted by Crippen LogP contribution is -2.23. The van der Waals surface area contributed by atoms with Gasteiger partial charge >= 0.3 is 0 Å². The van der Waals surface area contributed by atoms with E-state index in [2.05, 4.69) is 10.6 Å². The lowest BCUT2D eigenvalue weighted by molar-refractivity contribution is -0.117. The Kier molecular flexibility index (Phi) is 3.96. The molecule has 5 heteroatoms. The van der Waals surface area contributed by atoms with Crippen molar-refractivity contribution in [3.8, 4) is 0 Å². The molecule has 1 aromatic heterocycles. The van der Waals surface area contributed by atoms with Gasteiger partial charge in [-0.05, 0) is 43.5 Å². The molecule has 22 heavy (non-hydrogen) atoms. The van der Waals surface area contributed by atoms with E-state index in [1.807, 2.05) is 24.3 Å². The van der Waals surface area contributed by atoms with Crippen molar-refractivity contribution in [3.63, 3.8) is 0 Å². The van der Waals surface area contributed by atoms with Crippen LogP contribution in [0.1, 0.15) is 34.5 Å². The number of carbonyl (C=O) groups excluding carboxylic acids is 2. The van der Waals surface area contributed by atoms with Gasteiger partial charge in [0, 0.05) is 18.2 Å². The number of anilines is 1. The van der Waals surface area contributed by atoms with Gasteiger partial charge in [-0.3, -0.25) is 9.59 Å². The summed E-state index contributed by atoms with van der Waals surface area (Å²) in [6, 6.07) is 9.16. The highest BCUT2D eigenvalue weighted by atomic mass is 16.3. The molecule has 1 aliphatic rings. The van der Waals surface area contributed by atoms with E-state index >= 15 is 0 Å². The van der Waals surface area contributed by atoms with Crippen LogP contribution in [0.2, 0.25) is 0 Å². The van der Waals surface area contributed by atoms with Crippen molar-refractivity contribution in [2.75, 3.05) is 5.32 Å². The standard InChI is InChI=1S/C17H18N2O3/c1-11-15(7-8-22-11)17(21)18-10-12-3-2-4-14(9-12)19-16(20)13-5-6-13/h2-4,7-9,13H,5-6,10H2,1H3,(H,18,21)(H,19,20). The molecule has 1 aromatic carbocycles. The first-order chi connectivity index (χ1) is 10.6. The van der Waals surface area contributed by atoms with Crippen molar-refractivity contribution in [1.29, 1.82) is 0 Å². The number of furan rings is 1. The van der Waals surface area contributed by atoms with Gasteiger partial charge in [0.15, 0.2) is 0 Å². The normalized spacial score (nSPS) is 13.7. The van der Waals surface area contributed by atoms with Crippen molar-refractivity contribution in [3.05, 3.63) is 53.5 Å². The second-order valence-electron chi connectivity index (χ2n) is 5.54. The first-order valence-corrected chi connectivity index (χ1v) is 7.35. The summed E-state index contributed by atoms with van der Waals surface area (Å²) in [5.41, 5.74) is 2.24. The topological polar surface area (TPSA) is 71.3 Å². The minimum absolute atomic E-state index is 0.0789. The largest absolute Gasteiger partial charge is 0.469 e. The Morgan fingerprint density at radius 3 is 2.77 bits per heavy atom. The fourth-order valence-corrected chi connectivity index (χ4v) is 2.25. The average molecular weight is 298 g/mol. The summed E-state index contributed by atoms with van der Waals surface area (Å²) in [7, 11) is 0. The van der Waals surface area contributed by atoms with Gasteiger partial charge in [-0.25, -0.2) is 0 Å². The molecule has 0 radical (unpaired) electrons. The van der Waals surface area contributed by atoms with Crippen LogP contribution in [0.5, 0.6) is 0 Å². The molecule has 114 valence electrons. The quantitative estimate of drug-likeness (QED) is 0.891. The highest BCUT2D eigenvalue weighted by Gasteiger charge is 2.29. The van der Waals surface area contributed by atoms with Gasteiger partial charge in [-0.2, -0.15) is 0 Å². The van der Waals surface area contributed by atoms with Crippen LogP contribution in [0.3, 0.4) is 0 Å². The van der Waals surface area contributed by atoms with Crippen LogP contribution >= 0.6 is 0 Å². The Labute approximate surface area is 128 Å². The molecular weight excluding hydrogens is 280 g/mol. The SMILES string of the molecule is Cc1occc1C(=O)NCc1cccc(NC(=O)C2CC2)c1. The molecular formula is C17H18N2O3. The zero-order valence-electron chi connectivity index (χ0n) is 12.4. The first-order valence-electron chi connectivity index (χ1n) is 7.35. The summed E-state index contributed by atoms with van der Waals surface area (Å²) < 4.78 is 5.12. The van der Waals surface area contributed by atoms with Gasteiger partial charge in [0.05, 0.1) is 11.8 Å². The van der Waals surface area contributed by atoms with Crippen LogP contribution in [0.15, 0.2) is 41.0 Å². The first kappa shape index (κ1) is 14.4. The molecule has 0 unspecified atom stereocenters. The highest BCUT2D eigenvalue weighted by molar-refractivity contribution is 5.95. The van der Waals surface area contributed by atoms with E-state index in [0.717, 1.165) is 24.1 Å². The molecule has 2 N–H and O–H groups in total. The zero-order chi connectivity index (χ0) is 15.5. The second kappa shape index (κ2) is 6.05. The number of aryl methyl sites for hydroxylation is 1. The van der Waals surface area contributed by atoms with Gasteiger partial charge in [-0.1, -0.05) is 12.1 Å². The Balaban J connectivity index is 1.59. The van der Waals surface area contributed by atoms with E-state index in [1.54, 1.807) is 13.0 Å². The summed E-state index contributed by atoms with van der Waals surface area (Å²) in [5, 5.41) is 5.75. The van der Waals surface area contributed by atoms with Crippen LogP contribution in [0, 0.1) is 12.8 Å². The monoisotopic (exact) mass is 298 g/mol. The van der Waals surface area contributed by atoms with Crippen molar-refractivity contribution < 1.29 is 14.0 Å². The van der Waals surface area contributed by atoms with Crippen LogP contribution in [-0.2, 0) is 11.3 Å². The summed E-state index contributed by atoms with van der Waals surface area (Å²) in [4.78, 5) is 23.8. The highest BCUT2D eigenvalue weighted by Crippen LogP contribution is 2.30. The Bertz CT molecular complexity index is 701. The van der Waals surface area contributed by atoms with Gasteiger partial charge < -0.3 is 15.1 Å². The minimum Gasteiger partial charge on any atom is -0.469 e. The minimum atomic E-state index is -0.168. The maximum absolute atomic E-state index is 12.0. The maximum atomic E-state index is 12.0. The summed E-state index contributed by atoms with van der Waals surface area (Å²) in [6.07, 6.45) is 3.45. The van der Waals surface area contributed by atoms with E-state index in [0.29, 0.717) is 17.9 Å². The number of hydrogen-bond donors (Lipinski definition) is 2. The molecule has 5 nitrogen and oxygen atoms in total. The number of benzene rings is 1. The molecule has 1 heterocycles. The van der Waals surface area contributed by atoms with Crippen LogP contribution in [0.25, 0.3) is 0 Å². The fraction of sp³-hybridized carbons (Fsp3) is 0.294. The van der Waals surface area contributed by atoms with Crippen molar-refractivity contribution in [2.45, 2.75) is 26.3 Å². The average Bonchev–Trinajstić information content (AvgIpc) is 3.27. The molecule has 2 amide bonds. The molecule has 1 aliphatic carbocycles. The van der Waals surface area contributed by atoms with E-state index in [1.165, 1.54) is 6.26 Å². The van der Waals surface area contributed by atoms with Crippen LogP contribution < -0.4 is 10.6 Å². The third kappa shape index (κ3) is 3.36. The van der Waals surface area contributed by atoms with E-state index in [-0.39, 0.29) is 17.7 Å². The van der Waals surface area contributed by atoms with Gasteiger partial charge in [-0.15, -0.1) is 0 Å². The predicted octanol–water partition coefficient (Wildman–Crippen LogP) is 2.87. The molecule has 1 fully saturated rings. The van der Waals surface area contributed by atoms with Crippen molar-refractivity contribution in [1.82, 2.24) is 5.32 Å². The summed E-state index contributed by atoms with van der Waals surface area (Å²) >= 11 is 0. The number of rotatable bonds is 5. The maximum Gasteiger partial charge on any atom is 0.255 e.